The molecule has 0 saturated carbocycles. The van der Waals surface area contributed by atoms with Crippen molar-refractivity contribution >= 4 is 11.9 Å². The van der Waals surface area contributed by atoms with Gasteiger partial charge in [0.05, 0.1) is 13.0 Å². The minimum Gasteiger partial charge on any atom is -0.469 e. The fraction of sp³-hybridized carbons (Fsp3) is 0.529. The Morgan fingerprint density at radius 1 is 1.42 bits per heavy atom. The summed E-state index contributed by atoms with van der Waals surface area (Å²) in [6.45, 7) is 3.70. The number of benzene rings is 1. The second-order valence-electron chi connectivity index (χ2n) is 5.97. The third-order valence-electron chi connectivity index (χ3n) is 4.32. The van der Waals surface area contributed by atoms with Gasteiger partial charge < -0.3 is 15.0 Å². The Bertz CT molecular complexity index is 622. The zero-order valence-corrected chi connectivity index (χ0v) is 14.2. The average Bonchev–Trinajstić information content (AvgIpc) is 2.94. The molecule has 1 aromatic carbocycles. The van der Waals surface area contributed by atoms with Crippen LogP contribution in [0.4, 0.5) is 8.78 Å². The number of ether oxygens (including phenoxy) is 1. The minimum atomic E-state index is -0.583. The highest BCUT2D eigenvalue weighted by Crippen LogP contribution is 2.24. The van der Waals surface area contributed by atoms with Crippen LogP contribution in [0.1, 0.15) is 12.5 Å². The zero-order valence-electron chi connectivity index (χ0n) is 14.2. The van der Waals surface area contributed by atoms with Gasteiger partial charge >= 0.3 is 5.97 Å². The monoisotopic (exact) mass is 339 g/mol. The van der Waals surface area contributed by atoms with E-state index < -0.39 is 11.6 Å². The van der Waals surface area contributed by atoms with Crippen LogP contribution in [0.3, 0.4) is 0 Å². The number of carbonyl (C=O) groups excluding carboxylic acids is 1. The summed E-state index contributed by atoms with van der Waals surface area (Å²) >= 11 is 0. The predicted octanol–water partition coefficient (Wildman–Crippen LogP) is 1.82. The van der Waals surface area contributed by atoms with Gasteiger partial charge in [-0.1, -0.05) is 13.0 Å². The quantitative estimate of drug-likeness (QED) is 0.517. The number of likely N-dealkylation sites (tertiary alicyclic amines) is 1. The summed E-state index contributed by atoms with van der Waals surface area (Å²) in [5.41, 5.74) is 0.446. The van der Waals surface area contributed by atoms with Crippen LogP contribution in [-0.4, -0.2) is 50.6 Å². The van der Waals surface area contributed by atoms with Crippen molar-refractivity contribution in [2.45, 2.75) is 13.3 Å². The normalized spacial score (nSPS) is 21.0. The topological polar surface area (TPSA) is 53.9 Å². The molecule has 2 unspecified atom stereocenters. The molecule has 1 aliphatic heterocycles. The van der Waals surface area contributed by atoms with Crippen molar-refractivity contribution in [3.8, 4) is 0 Å². The van der Waals surface area contributed by atoms with Gasteiger partial charge in [-0.15, -0.1) is 0 Å². The summed E-state index contributed by atoms with van der Waals surface area (Å²) in [5, 5.41) is 3.16. The number of guanidine groups is 1. The Kier molecular flexibility index (Phi) is 6.11. The van der Waals surface area contributed by atoms with E-state index in [2.05, 4.69) is 10.3 Å². The number of carbonyl (C=O) groups is 1. The molecule has 0 amide bonds. The zero-order chi connectivity index (χ0) is 17.7. The van der Waals surface area contributed by atoms with Crippen LogP contribution in [0.15, 0.2) is 23.2 Å². The Labute approximate surface area is 140 Å². The molecule has 0 aliphatic carbocycles. The molecule has 24 heavy (non-hydrogen) atoms. The van der Waals surface area contributed by atoms with Crippen molar-refractivity contribution in [1.29, 1.82) is 0 Å². The van der Waals surface area contributed by atoms with Crippen molar-refractivity contribution in [3.63, 3.8) is 0 Å². The van der Waals surface area contributed by atoms with E-state index in [1.54, 1.807) is 7.05 Å². The first kappa shape index (κ1) is 18.2. The number of aliphatic imine (C=N–C) groups is 1. The van der Waals surface area contributed by atoms with Crippen molar-refractivity contribution in [3.05, 3.63) is 35.4 Å². The van der Waals surface area contributed by atoms with E-state index >= 15 is 0 Å². The molecule has 0 bridgehead atoms. The van der Waals surface area contributed by atoms with Crippen LogP contribution < -0.4 is 5.32 Å². The largest absolute Gasteiger partial charge is 0.469 e. The number of hydrogen-bond acceptors (Lipinski definition) is 3. The van der Waals surface area contributed by atoms with Crippen molar-refractivity contribution in [1.82, 2.24) is 10.2 Å². The summed E-state index contributed by atoms with van der Waals surface area (Å²) < 4.78 is 31.4. The molecule has 1 heterocycles. The summed E-state index contributed by atoms with van der Waals surface area (Å²) in [4.78, 5) is 18.0. The van der Waals surface area contributed by atoms with Gasteiger partial charge in [-0.2, -0.15) is 0 Å². The lowest BCUT2D eigenvalue weighted by Gasteiger charge is -2.21. The lowest BCUT2D eigenvalue weighted by molar-refractivity contribution is -0.145. The highest BCUT2D eigenvalue weighted by Gasteiger charge is 2.36. The molecule has 1 saturated heterocycles. The number of halogens is 2. The molecule has 0 aromatic heterocycles. The van der Waals surface area contributed by atoms with E-state index in [-0.39, 0.29) is 17.8 Å². The van der Waals surface area contributed by atoms with E-state index in [0.29, 0.717) is 37.6 Å². The van der Waals surface area contributed by atoms with Gasteiger partial charge in [-0.25, -0.2) is 8.78 Å². The summed E-state index contributed by atoms with van der Waals surface area (Å²) in [6, 6.07) is 3.57. The maximum absolute atomic E-state index is 13.6. The van der Waals surface area contributed by atoms with Gasteiger partial charge in [0.1, 0.15) is 11.6 Å². The molecule has 5 nitrogen and oxygen atoms in total. The Morgan fingerprint density at radius 3 is 2.79 bits per heavy atom. The van der Waals surface area contributed by atoms with E-state index in [0.717, 1.165) is 6.07 Å². The van der Waals surface area contributed by atoms with Crippen molar-refractivity contribution in [2.75, 3.05) is 33.8 Å². The van der Waals surface area contributed by atoms with Gasteiger partial charge in [-0.3, -0.25) is 9.79 Å². The van der Waals surface area contributed by atoms with Crippen LogP contribution >= 0.6 is 0 Å². The standard InChI is InChI=1S/C17H23F2N3O2/c1-11-9-22(10-14(11)16(23)24-3)17(20-2)21-7-6-12-4-5-13(18)8-15(12)19/h4-5,8,11,14H,6-7,9-10H2,1-3H3,(H,20,21). The Morgan fingerprint density at radius 2 is 2.17 bits per heavy atom. The SMILES string of the molecule is CN=C(NCCc1ccc(F)cc1F)N1CC(C)C(C(=O)OC)C1. The molecule has 0 spiro atoms. The second-order valence-corrected chi connectivity index (χ2v) is 5.97. The first-order valence-electron chi connectivity index (χ1n) is 7.93. The van der Waals surface area contributed by atoms with Crippen LogP contribution in [0.25, 0.3) is 0 Å². The van der Waals surface area contributed by atoms with E-state index in [1.165, 1.54) is 19.2 Å². The molecule has 1 fully saturated rings. The van der Waals surface area contributed by atoms with Crippen LogP contribution in [0, 0.1) is 23.5 Å². The molecule has 132 valence electrons. The number of nitrogens with one attached hydrogen (secondary N) is 1. The third-order valence-corrected chi connectivity index (χ3v) is 4.32. The van der Waals surface area contributed by atoms with E-state index in [1.807, 2.05) is 11.8 Å². The molecule has 1 N–H and O–H groups in total. The number of nitrogens with zero attached hydrogens (tertiary/aromatic N) is 2. The molecular formula is C17H23F2N3O2. The summed E-state index contributed by atoms with van der Waals surface area (Å²) in [5.74, 6) is -0.689. The highest BCUT2D eigenvalue weighted by atomic mass is 19.1. The molecule has 1 aliphatic rings. The van der Waals surface area contributed by atoms with Gasteiger partial charge in [0.15, 0.2) is 5.96 Å². The van der Waals surface area contributed by atoms with Crippen LogP contribution in [-0.2, 0) is 16.0 Å². The first-order valence-corrected chi connectivity index (χ1v) is 7.93. The fourth-order valence-electron chi connectivity index (χ4n) is 2.96. The predicted molar refractivity (Wildman–Crippen MR) is 87.7 cm³/mol. The number of rotatable bonds is 4. The number of hydrogen-bond donors (Lipinski definition) is 1. The van der Waals surface area contributed by atoms with Gasteiger partial charge in [-0.05, 0) is 24.0 Å². The highest BCUT2D eigenvalue weighted by molar-refractivity contribution is 5.82. The van der Waals surface area contributed by atoms with E-state index in [9.17, 15) is 13.6 Å². The van der Waals surface area contributed by atoms with Crippen LogP contribution in [0.5, 0.6) is 0 Å². The summed E-state index contributed by atoms with van der Waals surface area (Å²) in [7, 11) is 3.05. The molecule has 2 rings (SSSR count). The molecular weight excluding hydrogens is 316 g/mol. The van der Waals surface area contributed by atoms with Gasteiger partial charge in [0.25, 0.3) is 0 Å². The van der Waals surface area contributed by atoms with Crippen LogP contribution in [0.2, 0.25) is 0 Å². The molecule has 7 heteroatoms. The molecule has 0 radical (unpaired) electrons. The maximum Gasteiger partial charge on any atom is 0.310 e. The smallest absolute Gasteiger partial charge is 0.310 e. The van der Waals surface area contributed by atoms with Gasteiger partial charge in [0.2, 0.25) is 0 Å². The molecule has 2 atom stereocenters. The van der Waals surface area contributed by atoms with E-state index in [4.69, 9.17) is 4.74 Å². The lowest BCUT2D eigenvalue weighted by Crippen LogP contribution is -2.41. The fourth-order valence-corrected chi connectivity index (χ4v) is 2.96. The average molecular weight is 339 g/mol. The Hall–Kier alpha value is -2.18. The summed E-state index contributed by atoms with van der Waals surface area (Å²) in [6.07, 6.45) is 0.412. The third kappa shape index (κ3) is 4.21. The first-order chi connectivity index (χ1) is 11.5. The Balaban J connectivity index is 1.90. The molecule has 1 aromatic rings. The maximum atomic E-state index is 13.6. The second kappa shape index (κ2) is 8.08. The lowest BCUT2D eigenvalue weighted by atomic mass is 9.99. The van der Waals surface area contributed by atoms with Gasteiger partial charge in [0, 0.05) is 32.7 Å². The van der Waals surface area contributed by atoms with Crippen molar-refractivity contribution in [2.24, 2.45) is 16.8 Å². The number of esters is 1. The minimum absolute atomic E-state index is 0.172. The van der Waals surface area contributed by atoms with Crippen molar-refractivity contribution < 1.29 is 18.3 Å². The number of methoxy groups -OCH3 is 1.